The van der Waals surface area contributed by atoms with Crippen LogP contribution in [0.1, 0.15) is 13.8 Å². The molecular formula is C8H11F2N. The summed E-state index contributed by atoms with van der Waals surface area (Å²) in [5, 5.41) is 0. The predicted molar refractivity (Wildman–Crippen MR) is 43.1 cm³/mol. The molecule has 0 aromatic carbocycles. The van der Waals surface area contributed by atoms with Gasteiger partial charge in [0.05, 0.1) is 0 Å². The van der Waals surface area contributed by atoms with E-state index in [1.807, 2.05) is 0 Å². The third-order valence-corrected chi connectivity index (χ3v) is 1.20. The van der Waals surface area contributed by atoms with Crippen molar-refractivity contribution in [3.63, 3.8) is 0 Å². The fourth-order valence-corrected chi connectivity index (χ4v) is 0.663. The molecule has 3 heteroatoms. The highest BCUT2D eigenvalue weighted by molar-refractivity contribution is 5.55. The highest BCUT2D eigenvalue weighted by Gasteiger charge is 2.09. The van der Waals surface area contributed by atoms with E-state index in [0.717, 1.165) is 6.08 Å². The van der Waals surface area contributed by atoms with Gasteiger partial charge in [0.1, 0.15) is 0 Å². The van der Waals surface area contributed by atoms with Gasteiger partial charge in [-0.15, -0.1) is 0 Å². The average molecular weight is 159 g/mol. The first-order chi connectivity index (χ1) is 5.13. The smallest absolute Gasteiger partial charge is 0.265 e. The molecule has 0 atom stereocenters. The molecule has 0 fully saturated rings. The molecule has 0 saturated carbocycles. The second-order valence-electron chi connectivity index (χ2n) is 1.93. The summed E-state index contributed by atoms with van der Waals surface area (Å²) in [4.78, 5) is 3.72. The normalized spacial score (nSPS) is 13.9. The Morgan fingerprint density at radius 2 is 2.09 bits per heavy atom. The van der Waals surface area contributed by atoms with E-state index >= 15 is 0 Å². The number of aliphatic imine (C=N–C) groups is 1. The second-order valence-corrected chi connectivity index (χ2v) is 1.93. The minimum absolute atomic E-state index is 0.108. The number of allylic oxidation sites excluding steroid dienone is 3. The van der Waals surface area contributed by atoms with Crippen LogP contribution in [0, 0.1) is 0 Å². The first kappa shape index (κ1) is 10.0. The summed E-state index contributed by atoms with van der Waals surface area (Å²) in [6.45, 7) is 6.48. The van der Waals surface area contributed by atoms with E-state index in [1.165, 1.54) is 13.1 Å². The molecule has 0 aliphatic heterocycles. The van der Waals surface area contributed by atoms with Crippen LogP contribution >= 0.6 is 0 Å². The van der Waals surface area contributed by atoms with E-state index in [0.29, 0.717) is 5.70 Å². The van der Waals surface area contributed by atoms with Gasteiger partial charge in [0, 0.05) is 17.5 Å². The molecule has 0 heterocycles. The van der Waals surface area contributed by atoms with Crippen molar-refractivity contribution >= 4 is 6.21 Å². The van der Waals surface area contributed by atoms with Gasteiger partial charge in [0.2, 0.25) is 0 Å². The zero-order valence-corrected chi connectivity index (χ0v) is 6.64. The molecule has 0 rings (SSSR count). The maximum absolute atomic E-state index is 12.1. The van der Waals surface area contributed by atoms with E-state index < -0.39 is 6.43 Å². The Labute approximate surface area is 65.1 Å². The van der Waals surface area contributed by atoms with Gasteiger partial charge in [-0.2, -0.15) is 0 Å². The summed E-state index contributed by atoms with van der Waals surface area (Å²) in [7, 11) is 0. The van der Waals surface area contributed by atoms with Crippen molar-refractivity contribution in [3.05, 3.63) is 23.9 Å². The summed E-state index contributed by atoms with van der Waals surface area (Å²) >= 11 is 0. The molecule has 62 valence electrons. The van der Waals surface area contributed by atoms with Gasteiger partial charge in [0.25, 0.3) is 6.43 Å². The van der Waals surface area contributed by atoms with E-state index in [9.17, 15) is 8.78 Å². The first-order valence-electron chi connectivity index (χ1n) is 3.23. The molecule has 1 nitrogen and oxygen atoms in total. The standard InChI is InChI=1S/C8H11F2N/c1-4-7(8(9)10)6(3)11-5-2/h4-5,8H,1H2,2-3H3/b7-6+,11-5?. The van der Waals surface area contributed by atoms with Crippen molar-refractivity contribution in [1.82, 2.24) is 0 Å². The minimum atomic E-state index is -2.49. The van der Waals surface area contributed by atoms with Gasteiger partial charge >= 0.3 is 0 Å². The maximum atomic E-state index is 12.1. The monoisotopic (exact) mass is 159 g/mol. The zero-order chi connectivity index (χ0) is 8.85. The summed E-state index contributed by atoms with van der Waals surface area (Å²) in [5.74, 6) is 0. The van der Waals surface area contributed by atoms with E-state index in [2.05, 4.69) is 11.6 Å². The summed E-state index contributed by atoms with van der Waals surface area (Å²) in [6, 6.07) is 0. The van der Waals surface area contributed by atoms with E-state index in [4.69, 9.17) is 0 Å². The lowest BCUT2D eigenvalue weighted by atomic mass is 10.2. The molecule has 0 unspecified atom stereocenters. The van der Waals surface area contributed by atoms with Gasteiger partial charge in [-0.3, -0.25) is 4.99 Å². The number of hydrogen-bond acceptors (Lipinski definition) is 1. The van der Waals surface area contributed by atoms with Gasteiger partial charge in [-0.25, -0.2) is 8.78 Å². The fourth-order valence-electron chi connectivity index (χ4n) is 0.663. The molecule has 0 aliphatic carbocycles. The van der Waals surface area contributed by atoms with Crippen molar-refractivity contribution in [2.75, 3.05) is 0 Å². The molecule has 0 saturated heterocycles. The van der Waals surface area contributed by atoms with Crippen molar-refractivity contribution in [3.8, 4) is 0 Å². The Balaban J connectivity index is 4.67. The number of rotatable bonds is 3. The van der Waals surface area contributed by atoms with Gasteiger partial charge in [0.15, 0.2) is 0 Å². The Morgan fingerprint density at radius 3 is 2.36 bits per heavy atom. The Hall–Kier alpha value is -0.990. The SMILES string of the molecule is C=C/C(=C(/C)N=CC)C(F)F. The predicted octanol–water partition coefficient (Wildman–Crippen LogP) is 2.80. The average Bonchev–Trinajstić information content (AvgIpc) is 1.88. The molecule has 0 spiro atoms. The van der Waals surface area contributed by atoms with Crippen LogP contribution in [0.25, 0.3) is 0 Å². The van der Waals surface area contributed by atoms with Crippen LogP contribution in [0.5, 0.6) is 0 Å². The minimum Gasteiger partial charge on any atom is -0.266 e. The topological polar surface area (TPSA) is 12.4 Å². The lowest BCUT2D eigenvalue weighted by molar-refractivity contribution is 0.193. The van der Waals surface area contributed by atoms with Gasteiger partial charge < -0.3 is 0 Å². The quantitative estimate of drug-likeness (QED) is 0.443. The highest BCUT2D eigenvalue weighted by atomic mass is 19.3. The Morgan fingerprint density at radius 1 is 1.55 bits per heavy atom. The molecular weight excluding hydrogens is 148 g/mol. The lowest BCUT2D eigenvalue weighted by Crippen LogP contribution is -1.95. The van der Waals surface area contributed by atoms with Crippen LogP contribution in [-0.4, -0.2) is 12.6 Å². The maximum Gasteiger partial charge on any atom is 0.265 e. The number of nitrogens with zero attached hydrogens (tertiary/aromatic N) is 1. The number of alkyl halides is 2. The lowest BCUT2D eigenvalue weighted by Gasteiger charge is -2.01. The summed E-state index contributed by atoms with van der Waals surface area (Å²) in [5.41, 5.74) is 0.209. The highest BCUT2D eigenvalue weighted by Crippen LogP contribution is 2.14. The largest absolute Gasteiger partial charge is 0.266 e. The van der Waals surface area contributed by atoms with Crippen molar-refractivity contribution in [2.24, 2.45) is 4.99 Å². The molecule has 0 N–H and O–H groups in total. The van der Waals surface area contributed by atoms with Crippen LogP contribution in [0.15, 0.2) is 28.9 Å². The number of hydrogen-bond donors (Lipinski definition) is 0. The number of halogens is 2. The second kappa shape index (κ2) is 4.77. The van der Waals surface area contributed by atoms with Crippen LogP contribution in [0.2, 0.25) is 0 Å². The summed E-state index contributed by atoms with van der Waals surface area (Å²) in [6.07, 6.45) is 0.116. The van der Waals surface area contributed by atoms with Crippen molar-refractivity contribution in [2.45, 2.75) is 20.3 Å². The van der Waals surface area contributed by atoms with Crippen LogP contribution in [-0.2, 0) is 0 Å². The van der Waals surface area contributed by atoms with Gasteiger partial charge in [-0.05, 0) is 13.8 Å². The molecule has 0 bridgehead atoms. The van der Waals surface area contributed by atoms with Crippen molar-refractivity contribution < 1.29 is 8.78 Å². The van der Waals surface area contributed by atoms with E-state index in [-0.39, 0.29) is 5.57 Å². The Kier molecular flexibility index (Phi) is 4.34. The van der Waals surface area contributed by atoms with Crippen LogP contribution in [0.4, 0.5) is 8.78 Å². The third kappa shape index (κ3) is 3.07. The first-order valence-corrected chi connectivity index (χ1v) is 3.23. The zero-order valence-electron chi connectivity index (χ0n) is 6.64. The van der Waals surface area contributed by atoms with Gasteiger partial charge in [-0.1, -0.05) is 12.7 Å². The Bertz CT molecular complexity index is 192. The molecule has 11 heavy (non-hydrogen) atoms. The molecule has 0 radical (unpaired) electrons. The molecule has 0 amide bonds. The molecule has 0 aromatic heterocycles. The van der Waals surface area contributed by atoms with Crippen LogP contribution < -0.4 is 0 Å². The van der Waals surface area contributed by atoms with Crippen LogP contribution in [0.3, 0.4) is 0 Å². The van der Waals surface area contributed by atoms with E-state index in [1.54, 1.807) is 6.92 Å². The molecule has 0 aliphatic rings. The molecule has 0 aromatic rings. The van der Waals surface area contributed by atoms with Crippen molar-refractivity contribution in [1.29, 1.82) is 0 Å². The third-order valence-electron chi connectivity index (χ3n) is 1.20. The fraction of sp³-hybridized carbons (Fsp3) is 0.375. The summed E-state index contributed by atoms with van der Waals surface area (Å²) < 4.78 is 24.1.